The number of fused-ring (bicyclic) bond motifs is 1. The van der Waals surface area contributed by atoms with Crippen molar-refractivity contribution < 1.29 is 17.9 Å². The van der Waals surface area contributed by atoms with Crippen LogP contribution >= 0.6 is 0 Å². The van der Waals surface area contributed by atoms with Gasteiger partial charge < -0.3 is 9.47 Å². The van der Waals surface area contributed by atoms with Crippen LogP contribution in [-0.4, -0.2) is 21.1 Å². The minimum Gasteiger partial charge on any atom is -0.496 e. The van der Waals surface area contributed by atoms with Crippen molar-refractivity contribution in [3.05, 3.63) is 53.1 Å². The van der Waals surface area contributed by atoms with Gasteiger partial charge in [-0.2, -0.15) is 0 Å². The molecule has 1 atom stereocenters. The summed E-state index contributed by atoms with van der Waals surface area (Å²) < 4.78 is 41.5. The van der Waals surface area contributed by atoms with Crippen molar-refractivity contribution in [3.63, 3.8) is 0 Å². The number of sulfonamides is 1. The van der Waals surface area contributed by atoms with Gasteiger partial charge in [0.15, 0.2) is 0 Å². The first-order chi connectivity index (χ1) is 13.9. The third-order valence-electron chi connectivity index (χ3n) is 6.46. The molecule has 0 amide bonds. The van der Waals surface area contributed by atoms with Crippen molar-refractivity contribution in [3.8, 4) is 11.5 Å². The van der Waals surface area contributed by atoms with Crippen molar-refractivity contribution in [1.82, 2.24) is 4.72 Å². The van der Waals surface area contributed by atoms with Crippen LogP contribution in [0.2, 0.25) is 0 Å². The predicted octanol–water partition coefficient (Wildman–Crippen LogP) is 4.82. The summed E-state index contributed by atoms with van der Waals surface area (Å²) in [6, 6.07) is 10.8. The van der Waals surface area contributed by atoms with E-state index in [9.17, 15) is 8.42 Å². The van der Waals surface area contributed by atoms with Gasteiger partial charge in [-0.3, -0.25) is 0 Å². The van der Waals surface area contributed by atoms with Crippen molar-refractivity contribution in [1.29, 1.82) is 0 Å². The van der Waals surface area contributed by atoms with E-state index in [0.29, 0.717) is 22.6 Å². The van der Waals surface area contributed by atoms with E-state index in [1.165, 1.54) is 6.42 Å². The number of para-hydroxylation sites is 1. The molecule has 0 bridgehead atoms. The number of hydrogen-bond acceptors (Lipinski definition) is 4. The Kier molecular flexibility index (Phi) is 5.34. The van der Waals surface area contributed by atoms with Gasteiger partial charge in [0, 0.05) is 12.0 Å². The number of rotatable bonds is 4. The van der Waals surface area contributed by atoms with Crippen LogP contribution in [0, 0.1) is 13.8 Å². The van der Waals surface area contributed by atoms with E-state index in [0.717, 1.165) is 42.6 Å². The van der Waals surface area contributed by atoms with Gasteiger partial charge in [-0.25, -0.2) is 13.1 Å². The highest BCUT2D eigenvalue weighted by Crippen LogP contribution is 2.46. The first-order valence-corrected chi connectivity index (χ1v) is 11.8. The fraction of sp³-hybridized carbons (Fsp3) is 0.478. The highest BCUT2D eigenvalue weighted by Gasteiger charge is 2.43. The van der Waals surface area contributed by atoms with E-state index >= 15 is 0 Å². The molecule has 1 heterocycles. The normalized spacial score (nSPS) is 20.7. The maximum atomic E-state index is 13.4. The van der Waals surface area contributed by atoms with Crippen molar-refractivity contribution >= 4 is 10.0 Å². The van der Waals surface area contributed by atoms with Crippen LogP contribution in [0.1, 0.15) is 61.3 Å². The zero-order chi connectivity index (χ0) is 20.6. The molecule has 0 saturated heterocycles. The maximum absolute atomic E-state index is 13.4. The number of nitrogens with one attached hydrogen (secondary N) is 1. The standard InChI is InChI=1S/C23H29NO4S/c1-16-17(2)22(12-11-20(16)27-3)29(25,26)24-19-15-23(13-7-4-8-14-23)28-21-10-6-5-9-18(19)21/h5-6,9-12,19,24H,4,7-8,13-15H2,1-3H3. The van der Waals surface area contributed by atoms with Crippen LogP contribution in [0.4, 0.5) is 0 Å². The largest absolute Gasteiger partial charge is 0.496 e. The lowest BCUT2D eigenvalue weighted by Gasteiger charge is -2.44. The molecule has 0 aromatic heterocycles. The summed E-state index contributed by atoms with van der Waals surface area (Å²) >= 11 is 0. The van der Waals surface area contributed by atoms with E-state index in [2.05, 4.69) is 4.72 Å². The molecule has 4 rings (SSSR count). The van der Waals surface area contributed by atoms with Gasteiger partial charge in [0.05, 0.1) is 18.0 Å². The highest BCUT2D eigenvalue weighted by atomic mass is 32.2. The molecule has 6 heteroatoms. The van der Waals surface area contributed by atoms with E-state index in [1.807, 2.05) is 38.1 Å². The summed E-state index contributed by atoms with van der Waals surface area (Å²) in [6.07, 6.45) is 6.07. The number of ether oxygens (including phenoxy) is 2. The van der Waals surface area contributed by atoms with Crippen molar-refractivity contribution in [2.75, 3.05) is 7.11 Å². The van der Waals surface area contributed by atoms with Crippen molar-refractivity contribution in [2.45, 2.75) is 68.9 Å². The third-order valence-corrected chi connectivity index (χ3v) is 8.07. The third kappa shape index (κ3) is 3.76. The summed E-state index contributed by atoms with van der Waals surface area (Å²) in [7, 11) is -2.10. The van der Waals surface area contributed by atoms with E-state index < -0.39 is 10.0 Å². The molecule has 156 valence electrons. The van der Waals surface area contributed by atoms with Crippen LogP contribution in [0.5, 0.6) is 11.5 Å². The summed E-state index contributed by atoms with van der Waals surface area (Å²) in [5.74, 6) is 1.50. The number of hydrogen-bond donors (Lipinski definition) is 1. The van der Waals surface area contributed by atoms with Crippen LogP contribution in [-0.2, 0) is 10.0 Å². The molecule has 2 aliphatic rings. The van der Waals surface area contributed by atoms with Gasteiger partial charge in [0.2, 0.25) is 10.0 Å². The monoisotopic (exact) mass is 415 g/mol. The zero-order valence-electron chi connectivity index (χ0n) is 17.3. The molecule has 1 N–H and O–H groups in total. The lowest BCUT2D eigenvalue weighted by atomic mass is 9.77. The summed E-state index contributed by atoms with van der Waals surface area (Å²) in [6.45, 7) is 3.71. The summed E-state index contributed by atoms with van der Waals surface area (Å²) in [4.78, 5) is 0.303. The lowest BCUT2D eigenvalue weighted by molar-refractivity contribution is 0.0000750. The molecular formula is C23H29NO4S. The lowest BCUT2D eigenvalue weighted by Crippen LogP contribution is -2.46. The van der Waals surface area contributed by atoms with Gasteiger partial charge in [-0.15, -0.1) is 0 Å². The molecule has 1 aliphatic heterocycles. The molecule has 1 fully saturated rings. The molecule has 2 aromatic carbocycles. The Morgan fingerprint density at radius 1 is 1.03 bits per heavy atom. The Bertz CT molecular complexity index is 1010. The van der Waals surface area contributed by atoms with E-state index in [4.69, 9.17) is 9.47 Å². The number of benzene rings is 2. The fourth-order valence-corrected chi connectivity index (χ4v) is 6.27. The highest BCUT2D eigenvalue weighted by molar-refractivity contribution is 7.89. The van der Waals surface area contributed by atoms with Gasteiger partial charge in [0.25, 0.3) is 0 Å². The van der Waals surface area contributed by atoms with Gasteiger partial charge in [-0.05, 0) is 68.9 Å². The average molecular weight is 416 g/mol. The molecule has 1 spiro atoms. The van der Waals surface area contributed by atoms with E-state index in [1.54, 1.807) is 19.2 Å². The Labute approximate surface area is 173 Å². The van der Waals surface area contributed by atoms with Crippen LogP contribution in [0.15, 0.2) is 41.3 Å². The van der Waals surface area contributed by atoms with Gasteiger partial charge >= 0.3 is 0 Å². The summed E-state index contributed by atoms with van der Waals surface area (Å²) in [5.41, 5.74) is 2.19. The molecule has 1 aliphatic carbocycles. The minimum absolute atomic E-state index is 0.273. The Morgan fingerprint density at radius 3 is 2.48 bits per heavy atom. The first kappa shape index (κ1) is 20.2. The molecular weight excluding hydrogens is 386 g/mol. The molecule has 1 unspecified atom stereocenters. The maximum Gasteiger partial charge on any atom is 0.241 e. The van der Waals surface area contributed by atoms with Crippen LogP contribution in [0.3, 0.4) is 0 Å². The smallest absolute Gasteiger partial charge is 0.241 e. The summed E-state index contributed by atoms with van der Waals surface area (Å²) in [5, 5.41) is 0. The first-order valence-electron chi connectivity index (χ1n) is 10.3. The SMILES string of the molecule is COc1ccc(S(=O)(=O)NC2CC3(CCCCC3)Oc3ccccc32)c(C)c1C. The molecule has 29 heavy (non-hydrogen) atoms. The van der Waals surface area contributed by atoms with Crippen LogP contribution < -0.4 is 14.2 Å². The zero-order valence-corrected chi connectivity index (χ0v) is 18.1. The Hall–Kier alpha value is -2.05. The fourth-order valence-electron chi connectivity index (χ4n) is 4.76. The Balaban J connectivity index is 1.70. The predicted molar refractivity (Wildman–Crippen MR) is 113 cm³/mol. The second-order valence-corrected chi connectivity index (χ2v) is 9.96. The molecule has 2 aromatic rings. The number of methoxy groups -OCH3 is 1. The minimum atomic E-state index is -3.70. The van der Waals surface area contributed by atoms with Crippen molar-refractivity contribution in [2.24, 2.45) is 0 Å². The second-order valence-electron chi connectivity index (χ2n) is 8.28. The average Bonchev–Trinajstić information content (AvgIpc) is 2.70. The molecule has 1 saturated carbocycles. The van der Waals surface area contributed by atoms with E-state index in [-0.39, 0.29) is 11.6 Å². The molecule has 5 nitrogen and oxygen atoms in total. The topological polar surface area (TPSA) is 64.6 Å². The van der Waals surface area contributed by atoms with Gasteiger partial charge in [0.1, 0.15) is 17.1 Å². The molecule has 0 radical (unpaired) electrons. The quantitative estimate of drug-likeness (QED) is 0.778. The second kappa shape index (κ2) is 7.65. The van der Waals surface area contributed by atoms with Crippen LogP contribution in [0.25, 0.3) is 0 Å². The van der Waals surface area contributed by atoms with Gasteiger partial charge in [-0.1, -0.05) is 24.6 Å². The Morgan fingerprint density at radius 2 is 1.76 bits per heavy atom.